The molecule has 1 aromatic heterocycles. The third-order valence-electron chi connectivity index (χ3n) is 3.95. The number of carbonyl (C=O) groups is 1. The van der Waals surface area contributed by atoms with Gasteiger partial charge in [0.05, 0.1) is 0 Å². The molecule has 0 amide bonds. The maximum Gasteiger partial charge on any atom is 0.308 e. The van der Waals surface area contributed by atoms with Gasteiger partial charge in [-0.25, -0.2) is 0 Å². The number of H-pyrrole nitrogens is 1. The van der Waals surface area contributed by atoms with Crippen molar-refractivity contribution in [2.45, 2.75) is 39.7 Å². The van der Waals surface area contributed by atoms with Crippen LogP contribution in [0.25, 0.3) is 10.9 Å². The summed E-state index contributed by atoms with van der Waals surface area (Å²) in [5.74, 6) is 0.324. The Bertz CT molecular complexity index is 695. The first-order valence-electron chi connectivity index (χ1n) is 7.96. The lowest BCUT2D eigenvalue weighted by Gasteiger charge is -2.34. The van der Waals surface area contributed by atoms with Gasteiger partial charge in [-0.05, 0) is 44.9 Å². The van der Waals surface area contributed by atoms with Gasteiger partial charge in [0.2, 0.25) is 0 Å². The minimum absolute atomic E-state index is 0.0824. The van der Waals surface area contributed by atoms with Crippen molar-refractivity contribution in [2.75, 3.05) is 13.1 Å². The van der Waals surface area contributed by atoms with Crippen molar-refractivity contribution in [3.8, 4) is 5.75 Å². The number of benzene rings is 1. The molecule has 1 heterocycles. The van der Waals surface area contributed by atoms with Crippen LogP contribution < -0.4 is 4.74 Å². The average molecular weight is 314 g/mol. The Kier molecular flexibility index (Phi) is 5.26. The molecule has 1 N–H and O–H groups in total. The summed E-state index contributed by atoms with van der Waals surface area (Å²) in [7, 11) is 0. The van der Waals surface area contributed by atoms with Crippen molar-refractivity contribution >= 4 is 16.9 Å². The summed E-state index contributed by atoms with van der Waals surface area (Å²) in [6.07, 6.45) is 4.82. The van der Waals surface area contributed by atoms with E-state index in [9.17, 15) is 4.79 Å². The highest BCUT2D eigenvalue weighted by molar-refractivity contribution is 5.91. The molecule has 2 aromatic rings. The molecule has 0 aliphatic rings. The molecular weight excluding hydrogens is 288 g/mol. The number of carbonyl (C=O) groups excluding carboxylic acids is 1. The summed E-state index contributed by atoms with van der Waals surface area (Å²) in [6, 6.07) is 5.73. The van der Waals surface area contributed by atoms with E-state index in [2.05, 4.69) is 37.2 Å². The number of aromatic amines is 1. The number of hydrogen-bond acceptors (Lipinski definition) is 3. The summed E-state index contributed by atoms with van der Waals surface area (Å²) in [6.45, 7) is 13.7. The number of ether oxygens (including phenoxy) is 1. The first-order chi connectivity index (χ1) is 10.8. The second-order valence-corrected chi connectivity index (χ2v) is 6.74. The van der Waals surface area contributed by atoms with Gasteiger partial charge in [-0.3, -0.25) is 9.69 Å². The summed E-state index contributed by atoms with van der Waals surface area (Å²) < 4.78 is 5.36. The fourth-order valence-corrected chi connectivity index (χ4v) is 2.77. The van der Waals surface area contributed by atoms with Crippen molar-refractivity contribution in [3.05, 3.63) is 42.6 Å². The van der Waals surface area contributed by atoms with Gasteiger partial charge in [-0.1, -0.05) is 12.1 Å². The Balaban J connectivity index is 2.26. The number of fused-ring (bicyclic) bond motifs is 1. The zero-order chi connectivity index (χ0) is 17.0. The van der Waals surface area contributed by atoms with Crippen LogP contribution in [0.3, 0.4) is 0 Å². The van der Waals surface area contributed by atoms with Crippen LogP contribution in [0.1, 0.15) is 33.3 Å². The van der Waals surface area contributed by atoms with Crippen LogP contribution in [0.15, 0.2) is 37.1 Å². The van der Waals surface area contributed by atoms with Crippen LogP contribution >= 0.6 is 0 Å². The van der Waals surface area contributed by atoms with E-state index in [-0.39, 0.29) is 11.5 Å². The molecule has 0 saturated carbocycles. The largest absolute Gasteiger partial charge is 0.426 e. The maximum atomic E-state index is 11.3. The highest BCUT2D eigenvalue weighted by atomic mass is 16.5. The molecule has 0 radical (unpaired) electrons. The zero-order valence-electron chi connectivity index (χ0n) is 14.5. The molecule has 0 bridgehead atoms. The molecular formula is C19H26N2O2. The molecule has 0 fully saturated rings. The Hall–Kier alpha value is -2.07. The Morgan fingerprint density at radius 3 is 2.74 bits per heavy atom. The second kappa shape index (κ2) is 7.01. The molecule has 1 aromatic carbocycles. The molecule has 2 rings (SSSR count). The average Bonchev–Trinajstić information content (AvgIpc) is 2.86. The monoisotopic (exact) mass is 314 g/mol. The highest BCUT2D eigenvalue weighted by Gasteiger charge is 2.20. The van der Waals surface area contributed by atoms with E-state index >= 15 is 0 Å². The fraction of sp³-hybridized carbons (Fsp3) is 0.421. The molecule has 0 aliphatic carbocycles. The number of hydrogen-bond donors (Lipinski definition) is 1. The van der Waals surface area contributed by atoms with Crippen molar-refractivity contribution in [1.82, 2.24) is 9.88 Å². The third-order valence-corrected chi connectivity index (χ3v) is 3.95. The number of rotatable bonds is 6. The molecule has 0 saturated heterocycles. The highest BCUT2D eigenvalue weighted by Crippen LogP contribution is 2.29. The fourth-order valence-electron chi connectivity index (χ4n) is 2.77. The van der Waals surface area contributed by atoms with Crippen LogP contribution in [-0.2, 0) is 11.2 Å². The number of esters is 1. The van der Waals surface area contributed by atoms with Crippen LogP contribution in [-0.4, -0.2) is 34.5 Å². The van der Waals surface area contributed by atoms with E-state index in [1.165, 1.54) is 6.92 Å². The number of aromatic nitrogens is 1. The van der Waals surface area contributed by atoms with Gasteiger partial charge < -0.3 is 9.72 Å². The van der Waals surface area contributed by atoms with Crippen molar-refractivity contribution in [2.24, 2.45) is 0 Å². The standard InChI is InChI=1S/C19H26N2O2/c1-6-11-21(19(3,4)5)12-10-15-13-20-16-8-7-9-17(18(15)16)23-14(2)22/h6-9,13,20H,1,10-12H2,2-5H3. The van der Waals surface area contributed by atoms with Gasteiger partial charge in [-0.15, -0.1) is 6.58 Å². The SMILES string of the molecule is C=CCN(CCc1c[nH]c2cccc(OC(C)=O)c12)C(C)(C)C. The van der Waals surface area contributed by atoms with Gasteiger partial charge in [0.25, 0.3) is 0 Å². The summed E-state index contributed by atoms with van der Waals surface area (Å²) in [5, 5.41) is 0.996. The molecule has 4 nitrogen and oxygen atoms in total. The zero-order valence-corrected chi connectivity index (χ0v) is 14.5. The van der Waals surface area contributed by atoms with E-state index in [0.717, 1.165) is 36.0 Å². The van der Waals surface area contributed by atoms with Crippen molar-refractivity contribution in [1.29, 1.82) is 0 Å². The Labute approximate surface area is 138 Å². The predicted octanol–water partition coefficient (Wildman–Crippen LogP) is 3.92. The molecule has 0 unspecified atom stereocenters. The molecule has 124 valence electrons. The second-order valence-electron chi connectivity index (χ2n) is 6.74. The van der Waals surface area contributed by atoms with Gasteiger partial charge in [-0.2, -0.15) is 0 Å². The molecule has 4 heteroatoms. The summed E-state index contributed by atoms with van der Waals surface area (Å²) >= 11 is 0. The normalized spacial score (nSPS) is 11.9. The maximum absolute atomic E-state index is 11.3. The van der Waals surface area contributed by atoms with Crippen molar-refractivity contribution < 1.29 is 9.53 Å². The Morgan fingerprint density at radius 2 is 2.13 bits per heavy atom. The van der Waals surface area contributed by atoms with Gasteiger partial charge in [0.1, 0.15) is 5.75 Å². The number of nitrogens with zero attached hydrogens (tertiary/aromatic N) is 1. The lowest BCUT2D eigenvalue weighted by Crippen LogP contribution is -2.42. The smallest absolute Gasteiger partial charge is 0.308 e. The Morgan fingerprint density at radius 1 is 1.39 bits per heavy atom. The van der Waals surface area contributed by atoms with E-state index in [0.29, 0.717) is 5.75 Å². The summed E-state index contributed by atoms with van der Waals surface area (Å²) in [5.41, 5.74) is 2.24. The molecule has 23 heavy (non-hydrogen) atoms. The van der Waals surface area contributed by atoms with Crippen molar-refractivity contribution in [3.63, 3.8) is 0 Å². The minimum Gasteiger partial charge on any atom is -0.426 e. The van der Waals surface area contributed by atoms with Crippen LogP contribution in [0, 0.1) is 0 Å². The molecule has 0 spiro atoms. The van der Waals surface area contributed by atoms with E-state index in [1.807, 2.05) is 30.5 Å². The lowest BCUT2D eigenvalue weighted by atomic mass is 10.0. The van der Waals surface area contributed by atoms with Gasteiger partial charge in [0, 0.05) is 42.7 Å². The van der Waals surface area contributed by atoms with Crippen LogP contribution in [0.4, 0.5) is 0 Å². The minimum atomic E-state index is -0.298. The van der Waals surface area contributed by atoms with Gasteiger partial charge in [0.15, 0.2) is 0 Å². The van der Waals surface area contributed by atoms with Crippen LogP contribution in [0.5, 0.6) is 5.75 Å². The predicted molar refractivity (Wildman–Crippen MR) is 94.8 cm³/mol. The molecule has 0 atom stereocenters. The first-order valence-corrected chi connectivity index (χ1v) is 7.96. The van der Waals surface area contributed by atoms with E-state index in [1.54, 1.807) is 0 Å². The molecule has 0 aliphatic heterocycles. The third kappa shape index (κ3) is 4.23. The van der Waals surface area contributed by atoms with Crippen LogP contribution in [0.2, 0.25) is 0 Å². The topological polar surface area (TPSA) is 45.3 Å². The van der Waals surface area contributed by atoms with Gasteiger partial charge >= 0.3 is 5.97 Å². The first kappa shape index (κ1) is 17.3. The van der Waals surface area contributed by atoms with E-state index < -0.39 is 0 Å². The quantitative estimate of drug-likeness (QED) is 0.499. The lowest BCUT2D eigenvalue weighted by molar-refractivity contribution is -0.131. The van der Waals surface area contributed by atoms with E-state index in [4.69, 9.17) is 4.74 Å². The summed E-state index contributed by atoms with van der Waals surface area (Å²) in [4.78, 5) is 17.0. The number of nitrogens with one attached hydrogen (secondary N) is 1.